The smallest absolute Gasteiger partial charge is 0.225 e. The molecule has 0 aromatic carbocycles. The molecule has 2 fully saturated rings. The highest BCUT2D eigenvalue weighted by atomic mass is 35.5. The van der Waals surface area contributed by atoms with Crippen molar-refractivity contribution >= 4 is 34.9 Å². The summed E-state index contributed by atoms with van der Waals surface area (Å²) in [4.78, 5) is 25.5. The van der Waals surface area contributed by atoms with Crippen molar-refractivity contribution < 1.29 is 9.53 Å². The number of ether oxygens (including phenoxy) is 1. The first-order valence-corrected chi connectivity index (χ1v) is 11.5. The minimum Gasteiger partial charge on any atom is -0.384 e. The number of piperazine rings is 1. The number of carbonyl (C=O) groups is 1. The first-order chi connectivity index (χ1) is 15.4. The summed E-state index contributed by atoms with van der Waals surface area (Å²) in [6.45, 7) is 4.28. The van der Waals surface area contributed by atoms with Gasteiger partial charge >= 0.3 is 0 Å². The van der Waals surface area contributed by atoms with E-state index in [1.807, 2.05) is 17.9 Å². The molecule has 0 N–H and O–H groups in total. The van der Waals surface area contributed by atoms with E-state index in [0.29, 0.717) is 60.3 Å². The highest BCUT2D eigenvalue weighted by Crippen LogP contribution is 2.45. The molecule has 0 radical (unpaired) electrons. The van der Waals surface area contributed by atoms with Crippen LogP contribution in [0.4, 0.5) is 5.82 Å². The van der Waals surface area contributed by atoms with E-state index in [2.05, 4.69) is 16.0 Å². The van der Waals surface area contributed by atoms with Gasteiger partial charge in [-0.3, -0.25) is 4.79 Å². The van der Waals surface area contributed by atoms with Crippen molar-refractivity contribution in [1.82, 2.24) is 14.9 Å². The summed E-state index contributed by atoms with van der Waals surface area (Å²) in [6, 6.07) is 7.72. The summed E-state index contributed by atoms with van der Waals surface area (Å²) < 4.78 is 5.04. The molecule has 1 amide bonds. The second kappa shape index (κ2) is 9.62. The second-order valence-electron chi connectivity index (χ2n) is 8.30. The van der Waals surface area contributed by atoms with Gasteiger partial charge in [-0.2, -0.15) is 5.26 Å². The van der Waals surface area contributed by atoms with Gasteiger partial charge in [0.2, 0.25) is 5.91 Å². The van der Waals surface area contributed by atoms with Crippen LogP contribution in [0.2, 0.25) is 10.3 Å². The zero-order valence-electron chi connectivity index (χ0n) is 18.1. The van der Waals surface area contributed by atoms with Crippen molar-refractivity contribution in [3.05, 3.63) is 39.8 Å². The summed E-state index contributed by atoms with van der Waals surface area (Å²) in [7, 11) is 1.60. The lowest BCUT2D eigenvalue weighted by Gasteiger charge is -2.41. The van der Waals surface area contributed by atoms with Crippen LogP contribution in [0.5, 0.6) is 0 Å². The molecule has 9 heteroatoms. The third-order valence-electron chi connectivity index (χ3n) is 5.96. The fraction of sp³-hybridized carbons (Fsp3) is 0.478. The third kappa shape index (κ3) is 4.83. The fourth-order valence-corrected chi connectivity index (χ4v) is 4.67. The molecular weight excluding hydrogens is 449 g/mol. The summed E-state index contributed by atoms with van der Waals surface area (Å²) in [5.74, 6) is 1.13. The number of rotatable bonds is 6. The van der Waals surface area contributed by atoms with E-state index < -0.39 is 0 Å². The third-order valence-corrected chi connectivity index (χ3v) is 6.34. The zero-order valence-corrected chi connectivity index (χ0v) is 19.7. The predicted molar refractivity (Wildman–Crippen MR) is 124 cm³/mol. The van der Waals surface area contributed by atoms with Crippen molar-refractivity contribution in [1.29, 1.82) is 5.26 Å². The van der Waals surface area contributed by atoms with Crippen LogP contribution in [0.15, 0.2) is 18.2 Å². The maximum absolute atomic E-state index is 12.5. The Balaban J connectivity index is 1.65. The summed E-state index contributed by atoms with van der Waals surface area (Å²) in [5, 5.41) is 10.5. The molecule has 168 valence electrons. The Morgan fingerprint density at radius 2 is 1.94 bits per heavy atom. The van der Waals surface area contributed by atoms with Crippen LogP contribution < -0.4 is 4.90 Å². The maximum atomic E-state index is 12.5. The average molecular weight is 474 g/mol. The molecule has 1 saturated carbocycles. The molecule has 4 rings (SSSR count). The highest BCUT2D eigenvalue weighted by Gasteiger charge is 2.33. The molecule has 2 aromatic heterocycles. The molecule has 32 heavy (non-hydrogen) atoms. The highest BCUT2D eigenvalue weighted by molar-refractivity contribution is 6.32. The topological polar surface area (TPSA) is 82.3 Å². The van der Waals surface area contributed by atoms with Crippen LogP contribution in [0.1, 0.15) is 43.4 Å². The number of amides is 1. The second-order valence-corrected chi connectivity index (χ2v) is 9.08. The molecule has 1 aliphatic carbocycles. The molecule has 2 aliphatic rings. The van der Waals surface area contributed by atoms with Gasteiger partial charge in [-0.05, 0) is 43.5 Å². The van der Waals surface area contributed by atoms with E-state index in [0.717, 1.165) is 29.7 Å². The Kier molecular flexibility index (Phi) is 6.85. The molecule has 1 unspecified atom stereocenters. The first kappa shape index (κ1) is 22.8. The van der Waals surface area contributed by atoms with Crippen LogP contribution >= 0.6 is 23.2 Å². The lowest BCUT2D eigenvalue weighted by Crippen LogP contribution is -2.54. The Morgan fingerprint density at radius 1 is 1.22 bits per heavy atom. The average Bonchev–Trinajstić information content (AvgIpc) is 3.61. The molecule has 3 heterocycles. The number of carbonyl (C=O) groups excluding carboxylic acids is 1. The number of pyridine rings is 2. The van der Waals surface area contributed by atoms with Gasteiger partial charge in [0.25, 0.3) is 0 Å². The van der Waals surface area contributed by atoms with Crippen LogP contribution in [-0.2, 0) is 9.53 Å². The van der Waals surface area contributed by atoms with Gasteiger partial charge in [0.05, 0.1) is 24.3 Å². The largest absolute Gasteiger partial charge is 0.384 e. The minimum atomic E-state index is 0.0170. The van der Waals surface area contributed by atoms with Crippen LogP contribution in [0.25, 0.3) is 11.1 Å². The number of nitriles is 1. The Labute approximate surface area is 197 Å². The number of nitrogens with zero attached hydrogens (tertiary/aromatic N) is 5. The summed E-state index contributed by atoms with van der Waals surface area (Å²) in [6.07, 6.45) is 2.51. The van der Waals surface area contributed by atoms with Crippen molar-refractivity contribution in [2.24, 2.45) is 0 Å². The lowest BCUT2D eigenvalue weighted by atomic mass is 9.99. The van der Waals surface area contributed by atoms with Gasteiger partial charge < -0.3 is 14.5 Å². The van der Waals surface area contributed by atoms with Crippen LogP contribution in [0.3, 0.4) is 0 Å². The molecular formula is C23H25Cl2N5O2. The van der Waals surface area contributed by atoms with Gasteiger partial charge in [0.15, 0.2) is 0 Å². The normalized spacial score (nSPS) is 18.5. The molecule has 1 saturated heterocycles. The number of anilines is 1. The Hall–Kier alpha value is -2.40. The Morgan fingerprint density at radius 3 is 2.53 bits per heavy atom. The van der Waals surface area contributed by atoms with Gasteiger partial charge in [-0.1, -0.05) is 23.2 Å². The van der Waals surface area contributed by atoms with Crippen molar-refractivity contribution in [3.63, 3.8) is 0 Å². The molecule has 1 aliphatic heterocycles. The van der Waals surface area contributed by atoms with E-state index in [1.165, 1.54) is 0 Å². The van der Waals surface area contributed by atoms with Crippen LogP contribution in [-0.4, -0.2) is 60.2 Å². The summed E-state index contributed by atoms with van der Waals surface area (Å²) in [5.41, 5.74) is 3.15. The molecule has 0 spiro atoms. The van der Waals surface area contributed by atoms with E-state index in [1.54, 1.807) is 19.2 Å². The number of aromatic nitrogens is 2. The van der Waals surface area contributed by atoms with E-state index in [4.69, 9.17) is 32.9 Å². The van der Waals surface area contributed by atoms with E-state index >= 15 is 0 Å². The van der Waals surface area contributed by atoms with Crippen LogP contribution in [0, 0.1) is 11.3 Å². The van der Waals surface area contributed by atoms with E-state index in [-0.39, 0.29) is 11.9 Å². The van der Waals surface area contributed by atoms with E-state index in [9.17, 15) is 10.1 Å². The fourth-order valence-electron chi connectivity index (χ4n) is 4.21. The Bertz CT molecular complexity index is 1050. The van der Waals surface area contributed by atoms with Gasteiger partial charge in [0, 0.05) is 44.3 Å². The quantitative estimate of drug-likeness (QED) is 0.582. The predicted octanol–water partition coefficient (Wildman–Crippen LogP) is 4.27. The molecule has 0 bridgehead atoms. The maximum Gasteiger partial charge on any atom is 0.225 e. The number of hydrogen-bond donors (Lipinski definition) is 0. The van der Waals surface area contributed by atoms with Gasteiger partial charge in [-0.25, -0.2) is 9.97 Å². The number of hydrogen-bond acceptors (Lipinski definition) is 6. The monoisotopic (exact) mass is 473 g/mol. The molecule has 7 nitrogen and oxygen atoms in total. The first-order valence-electron chi connectivity index (χ1n) is 10.7. The van der Waals surface area contributed by atoms with Gasteiger partial charge in [-0.15, -0.1) is 0 Å². The SMILES string of the molecule is COCCC(=O)N1CCN(c2nc(C3CC3)c(-c3cc(Cl)nc(Cl)c3)cc2C#N)CC1C. The molecule has 1 atom stereocenters. The molecule has 2 aromatic rings. The number of halogens is 2. The van der Waals surface area contributed by atoms with Crippen molar-refractivity contribution in [2.45, 2.75) is 38.1 Å². The lowest BCUT2D eigenvalue weighted by molar-refractivity contribution is -0.134. The van der Waals surface area contributed by atoms with Crippen molar-refractivity contribution in [2.75, 3.05) is 38.3 Å². The van der Waals surface area contributed by atoms with Gasteiger partial charge in [0.1, 0.15) is 22.2 Å². The minimum absolute atomic E-state index is 0.0170. The summed E-state index contributed by atoms with van der Waals surface area (Å²) >= 11 is 12.3. The number of methoxy groups -OCH3 is 1. The standard InChI is InChI=1S/C23H25Cl2N5O2/c1-14-13-29(6-7-30(14)21(31)5-8-32-2)23-17(12-26)9-18(22(28-23)15-3-4-15)16-10-19(24)27-20(25)11-16/h9-11,14-15H,3-8,13H2,1-2H3. The zero-order chi connectivity index (χ0) is 22.8. The van der Waals surface area contributed by atoms with Crippen molar-refractivity contribution in [3.8, 4) is 17.2 Å².